The third-order valence-corrected chi connectivity index (χ3v) is 6.10. The first-order chi connectivity index (χ1) is 10.3. The van der Waals surface area contributed by atoms with Gasteiger partial charge in [-0.1, -0.05) is 53.4 Å². The summed E-state index contributed by atoms with van der Waals surface area (Å²) in [5, 5.41) is 8.83. The number of carbonyl (C=O) groups is 2. The molecule has 2 rings (SSSR count). The van der Waals surface area contributed by atoms with Crippen molar-refractivity contribution in [3.05, 3.63) is 0 Å². The van der Waals surface area contributed by atoms with Crippen LogP contribution in [0.3, 0.4) is 0 Å². The van der Waals surface area contributed by atoms with Gasteiger partial charge >= 0.3 is 5.97 Å². The topological polar surface area (TPSA) is 80.4 Å². The summed E-state index contributed by atoms with van der Waals surface area (Å²) in [5.41, 5.74) is 5.28. The monoisotopic (exact) mass is 311 g/mol. The Balaban J connectivity index is 0.000000220. The van der Waals surface area contributed by atoms with Crippen molar-refractivity contribution < 1.29 is 14.7 Å². The second kappa shape index (κ2) is 8.54. The molecule has 0 aromatic carbocycles. The maximum atomic E-state index is 10.9. The van der Waals surface area contributed by atoms with E-state index in [2.05, 4.69) is 27.7 Å². The zero-order chi connectivity index (χ0) is 16.9. The smallest absolute Gasteiger partial charge is 0.306 e. The molecule has 2 aliphatic carbocycles. The van der Waals surface area contributed by atoms with Crippen molar-refractivity contribution in [1.29, 1.82) is 0 Å². The van der Waals surface area contributed by atoms with Crippen LogP contribution in [0.1, 0.15) is 66.2 Å². The number of primary amides is 1. The number of carbonyl (C=O) groups excluding carboxylic acids is 1. The van der Waals surface area contributed by atoms with Gasteiger partial charge in [0.15, 0.2) is 0 Å². The molecule has 2 aliphatic rings. The Hall–Kier alpha value is -1.06. The lowest BCUT2D eigenvalue weighted by Crippen LogP contribution is -2.34. The summed E-state index contributed by atoms with van der Waals surface area (Å²) in [6.07, 6.45) is 6.58. The number of hydrogen-bond donors (Lipinski definition) is 2. The van der Waals surface area contributed by atoms with Gasteiger partial charge in [0.1, 0.15) is 0 Å². The van der Waals surface area contributed by atoms with Gasteiger partial charge in [-0.15, -0.1) is 0 Å². The fourth-order valence-electron chi connectivity index (χ4n) is 3.91. The highest BCUT2D eigenvalue weighted by atomic mass is 16.4. The second-order valence-electron chi connectivity index (χ2n) is 7.49. The van der Waals surface area contributed by atoms with E-state index in [1.54, 1.807) is 0 Å². The minimum absolute atomic E-state index is 0.0845. The first kappa shape index (κ1) is 19.0. The van der Waals surface area contributed by atoms with Crippen LogP contribution in [0.4, 0.5) is 0 Å². The highest BCUT2D eigenvalue weighted by molar-refractivity contribution is 5.77. The molecule has 6 unspecified atom stereocenters. The molecule has 0 heterocycles. The summed E-state index contributed by atoms with van der Waals surface area (Å²) in [4.78, 5) is 21.6. The van der Waals surface area contributed by atoms with Crippen LogP contribution in [0.2, 0.25) is 0 Å². The van der Waals surface area contributed by atoms with Gasteiger partial charge in [0, 0.05) is 5.92 Å². The molecule has 4 nitrogen and oxygen atoms in total. The van der Waals surface area contributed by atoms with E-state index in [1.807, 2.05) is 0 Å². The Morgan fingerprint density at radius 2 is 1.23 bits per heavy atom. The number of nitrogens with two attached hydrogens (primary N) is 1. The van der Waals surface area contributed by atoms with Crippen LogP contribution in [-0.2, 0) is 9.59 Å². The predicted molar refractivity (Wildman–Crippen MR) is 88.2 cm³/mol. The van der Waals surface area contributed by atoms with Crippen molar-refractivity contribution in [1.82, 2.24) is 0 Å². The molecule has 0 aliphatic heterocycles. The molecule has 0 bridgehead atoms. The number of aliphatic carboxylic acids is 1. The third-order valence-electron chi connectivity index (χ3n) is 6.10. The van der Waals surface area contributed by atoms with Crippen molar-refractivity contribution in [2.24, 2.45) is 41.2 Å². The summed E-state index contributed by atoms with van der Waals surface area (Å²) in [7, 11) is 0. The minimum atomic E-state index is -0.607. The van der Waals surface area contributed by atoms with Crippen molar-refractivity contribution >= 4 is 11.9 Å². The van der Waals surface area contributed by atoms with Gasteiger partial charge in [-0.2, -0.15) is 0 Å². The number of amides is 1. The van der Waals surface area contributed by atoms with E-state index in [9.17, 15) is 9.59 Å². The minimum Gasteiger partial charge on any atom is -0.481 e. The van der Waals surface area contributed by atoms with Crippen molar-refractivity contribution in [2.45, 2.75) is 66.2 Å². The molecule has 2 saturated carbocycles. The number of carboxylic acid groups (broad SMARTS) is 1. The maximum Gasteiger partial charge on any atom is 0.306 e. The summed E-state index contributed by atoms with van der Waals surface area (Å²) in [6, 6.07) is 0. The van der Waals surface area contributed by atoms with Crippen LogP contribution < -0.4 is 5.73 Å². The highest BCUT2D eigenvalue weighted by Gasteiger charge is 2.32. The van der Waals surface area contributed by atoms with Gasteiger partial charge in [0.05, 0.1) is 5.92 Å². The molecular formula is C18H33NO3. The first-order valence-electron chi connectivity index (χ1n) is 8.77. The van der Waals surface area contributed by atoms with E-state index in [0.717, 1.165) is 19.3 Å². The van der Waals surface area contributed by atoms with E-state index in [0.29, 0.717) is 23.7 Å². The lowest BCUT2D eigenvalue weighted by molar-refractivity contribution is -0.145. The Kier molecular flexibility index (Phi) is 7.37. The molecule has 6 atom stereocenters. The number of hydrogen-bond acceptors (Lipinski definition) is 2. The van der Waals surface area contributed by atoms with E-state index < -0.39 is 5.97 Å². The van der Waals surface area contributed by atoms with Crippen LogP contribution in [0.15, 0.2) is 0 Å². The molecule has 0 saturated heterocycles. The van der Waals surface area contributed by atoms with E-state index in [1.165, 1.54) is 19.3 Å². The van der Waals surface area contributed by atoms with Gasteiger partial charge in [-0.25, -0.2) is 0 Å². The molecule has 4 heteroatoms. The Morgan fingerprint density at radius 3 is 1.55 bits per heavy atom. The van der Waals surface area contributed by atoms with Crippen molar-refractivity contribution in [3.63, 3.8) is 0 Å². The molecular weight excluding hydrogens is 278 g/mol. The lowest BCUT2D eigenvalue weighted by atomic mass is 9.73. The average Bonchev–Trinajstić information content (AvgIpc) is 2.45. The van der Waals surface area contributed by atoms with Gasteiger partial charge < -0.3 is 10.8 Å². The van der Waals surface area contributed by atoms with Gasteiger partial charge in [-0.3, -0.25) is 9.59 Å². The normalized spacial score (nSPS) is 38.5. The largest absolute Gasteiger partial charge is 0.481 e. The first-order valence-corrected chi connectivity index (χ1v) is 8.77. The molecule has 128 valence electrons. The zero-order valence-corrected chi connectivity index (χ0v) is 14.5. The second-order valence-corrected chi connectivity index (χ2v) is 7.49. The van der Waals surface area contributed by atoms with Crippen LogP contribution in [0.5, 0.6) is 0 Å². The SMILES string of the molecule is CC1CCCC(C(=O)O)C1C.CC1CCCC(C(N)=O)C1C. The summed E-state index contributed by atoms with van der Waals surface area (Å²) in [6.45, 7) is 8.56. The van der Waals surface area contributed by atoms with Crippen molar-refractivity contribution in [3.8, 4) is 0 Å². The molecule has 0 aromatic rings. The molecule has 0 radical (unpaired) electrons. The van der Waals surface area contributed by atoms with Gasteiger partial charge in [0.25, 0.3) is 0 Å². The lowest BCUT2D eigenvalue weighted by Gasteiger charge is -2.31. The molecule has 1 amide bonds. The molecule has 0 aromatic heterocycles. The zero-order valence-electron chi connectivity index (χ0n) is 14.5. The molecule has 0 spiro atoms. The Morgan fingerprint density at radius 1 is 0.818 bits per heavy atom. The standard InChI is InChI=1S/C9H17NO.C9H16O2/c2*1-6-4-3-5-8(7(6)2)9(10)11/h6-8H,3-5H2,1-2H3,(H2,10,11);6-8H,3-5H2,1-2H3,(H,10,11). The Labute approximate surface area is 134 Å². The fourth-order valence-corrected chi connectivity index (χ4v) is 3.91. The summed E-state index contributed by atoms with van der Waals surface area (Å²) >= 11 is 0. The van der Waals surface area contributed by atoms with Crippen LogP contribution >= 0.6 is 0 Å². The third kappa shape index (κ3) is 4.99. The van der Waals surface area contributed by atoms with Crippen LogP contribution in [0.25, 0.3) is 0 Å². The molecule has 2 fully saturated rings. The number of carboxylic acids is 1. The quantitative estimate of drug-likeness (QED) is 0.816. The van der Waals surface area contributed by atoms with E-state index >= 15 is 0 Å². The number of rotatable bonds is 2. The summed E-state index contributed by atoms with van der Waals surface area (Å²) in [5.74, 6) is 1.44. The van der Waals surface area contributed by atoms with E-state index in [4.69, 9.17) is 10.8 Å². The molecule has 3 N–H and O–H groups in total. The predicted octanol–water partition coefficient (Wildman–Crippen LogP) is 3.69. The van der Waals surface area contributed by atoms with Gasteiger partial charge in [0.2, 0.25) is 5.91 Å². The van der Waals surface area contributed by atoms with Crippen LogP contribution in [0, 0.1) is 35.5 Å². The van der Waals surface area contributed by atoms with Crippen molar-refractivity contribution in [2.75, 3.05) is 0 Å². The molecule has 22 heavy (non-hydrogen) atoms. The van der Waals surface area contributed by atoms with E-state index in [-0.39, 0.29) is 17.7 Å². The average molecular weight is 311 g/mol. The Bertz CT molecular complexity index is 347. The summed E-state index contributed by atoms with van der Waals surface area (Å²) < 4.78 is 0. The van der Waals surface area contributed by atoms with Crippen LogP contribution in [-0.4, -0.2) is 17.0 Å². The van der Waals surface area contributed by atoms with Gasteiger partial charge in [-0.05, 0) is 36.5 Å². The highest BCUT2D eigenvalue weighted by Crippen LogP contribution is 2.34. The maximum absolute atomic E-state index is 10.9. The fraction of sp³-hybridized carbons (Fsp3) is 0.889.